The number of nitrogens with one attached hydrogen (secondary N) is 2. The van der Waals surface area contributed by atoms with E-state index in [2.05, 4.69) is 38.3 Å². The van der Waals surface area contributed by atoms with Gasteiger partial charge in [-0.25, -0.2) is 0 Å². The zero-order valence-electron chi connectivity index (χ0n) is 11.6. The molecule has 2 nitrogen and oxygen atoms in total. The van der Waals surface area contributed by atoms with Gasteiger partial charge in [-0.15, -0.1) is 0 Å². The standard InChI is InChI=1S/C14H19F3N2/c1-12(2)8-18-11-7-9(14(15,16)17)5-6-10(11)19-13(12,3)4/h5-7,18-19H,8H2,1-4H3. The summed E-state index contributed by atoms with van der Waals surface area (Å²) in [5.74, 6) is 0. The van der Waals surface area contributed by atoms with Crippen molar-refractivity contribution in [2.24, 2.45) is 5.41 Å². The van der Waals surface area contributed by atoms with Crippen molar-refractivity contribution in [1.82, 2.24) is 0 Å². The summed E-state index contributed by atoms with van der Waals surface area (Å²) < 4.78 is 38.1. The summed E-state index contributed by atoms with van der Waals surface area (Å²) in [5.41, 5.74) is 0.283. The van der Waals surface area contributed by atoms with Crippen LogP contribution in [0.15, 0.2) is 18.2 Å². The van der Waals surface area contributed by atoms with Gasteiger partial charge in [-0.3, -0.25) is 0 Å². The predicted molar refractivity (Wildman–Crippen MR) is 71.4 cm³/mol. The van der Waals surface area contributed by atoms with E-state index >= 15 is 0 Å². The van der Waals surface area contributed by atoms with Crippen LogP contribution in [0.4, 0.5) is 24.5 Å². The van der Waals surface area contributed by atoms with Crippen molar-refractivity contribution in [3.8, 4) is 0 Å². The molecule has 5 heteroatoms. The Hall–Kier alpha value is -1.39. The first-order valence-electron chi connectivity index (χ1n) is 6.26. The quantitative estimate of drug-likeness (QED) is 0.733. The maximum Gasteiger partial charge on any atom is 0.416 e. The largest absolute Gasteiger partial charge is 0.416 e. The maximum absolute atomic E-state index is 12.7. The lowest BCUT2D eigenvalue weighted by molar-refractivity contribution is -0.137. The van der Waals surface area contributed by atoms with Gasteiger partial charge in [0, 0.05) is 17.5 Å². The Morgan fingerprint density at radius 1 is 1.05 bits per heavy atom. The highest BCUT2D eigenvalue weighted by Crippen LogP contribution is 2.41. The van der Waals surface area contributed by atoms with E-state index in [1.54, 1.807) is 0 Å². The van der Waals surface area contributed by atoms with Crippen molar-refractivity contribution in [1.29, 1.82) is 0 Å². The van der Waals surface area contributed by atoms with Crippen LogP contribution in [0.3, 0.4) is 0 Å². The zero-order chi connectivity index (χ0) is 14.5. The fraction of sp³-hybridized carbons (Fsp3) is 0.571. The van der Waals surface area contributed by atoms with Crippen LogP contribution < -0.4 is 10.6 Å². The highest BCUT2D eigenvalue weighted by molar-refractivity contribution is 5.72. The molecule has 1 aromatic rings. The first kappa shape index (κ1) is 14.0. The van der Waals surface area contributed by atoms with Crippen molar-refractivity contribution in [3.05, 3.63) is 23.8 Å². The number of anilines is 2. The lowest BCUT2D eigenvalue weighted by Gasteiger charge is -2.41. The number of rotatable bonds is 0. The molecule has 0 aromatic heterocycles. The highest BCUT2D eigenvalue weighted by atomic mass is 19.4. The second-order valence-electron chi connectivity index (χ2n) is 6.25. The van der Waals surface area contributed by atoms with Crippen LogP contribution in [0.25, 0.3) is 0 Å². The SMILES string of the molecule is CC1(C)CNc2cc(C(F)(F)F)ccc2NC1(C)C. The molecule has 0 saturated carbocycles. The minimum absolute atomic E-state index is 0.0928. The molecule has 0 bridgehead atoms. The first-order chi connectivity index (χ1) is 8.53. The summed E-state index contributed by atoms with van der Waals surface area (Å²) in [6.45, 7) is 8.90. The lowest BCUT2D eigenvalue weighted by Crippen LogP contribution is -2.47. The minimum Gasteiger partial charge on any atom is -0.383 e. The fourth-order valence-electron chi connectivity index (χ4n) is 2.02. The number of fused-ring (bicyclic) bond motifs is 1. The Morgan fingerprint density at radius 2 is 1.68 bits per heavy atom. The number of alkyl halides is 3. The van der Waals surface area contributed by atoms with Gasteiger partial charge in [-0.2, -0.15) is 13.2 Å². The van der Waals surface area contributed by atoms with Gasteiger partial charge in [0.15, 0.2) is 0 Å². The summed E-state index contributed by atoms with van der Waals surface area (Å²) in [7, 11) is 0. The number of hydrogen-bond acceptors (Lipinski definition) is 2. The van der Waals surface area contributed by atoms with E-state index in [0.29, 0.717) is 17.9 Å². The summed E-state index contributed by atoms with van der Waals surface area (Å²) >= 11 is 0. The van der Waals surface area contributed by atoms with Gasteiger partial charge in [0.25, 0.3) is 0 Å². The molecule has 1 aromatic carbocycles. The molecule has 0 saturated heterocycles. The molecule has 1 heterocycles. The highest BCUT2D eigenvalue weighted by Gasteiger charge is 2.40. The molecule has 0 atom stereocenters. The molecular formula is C14H19F3N2. The van der Waals surface area contributed by atoms with Gasteiger partial charge in [-0.05, 0) is 32.0 Å². The molecule has 0 amide bonds. The predicted octanol–water partition coefficient (Wildman–Crippen LogP) is 4.35. The molecule has 0 fully saturated rings. The summed E-state index contributed by atoms with van der Waals surface area (Å²) in [4.78, 5) is 0. The monoisotopic (exact) mass is 272 g/mol. The molecule has 2 rings (SSSR count). The summed E-state index contributed by atoms with van der Waals surface area (Å²) in [6.07, 6.45) is -4.31. The van der Waals surface area contributed by atoms with Crippen molar-refractivity contribution in [2.45, 2.75) is 39.4 Å². The van der Waals surface area contributed by atoms with Gasteiger partial charge in [0.05, 0.1) is 16.9 Å². The minimum atomic E-state index is -4.31. The van der Waals surface area contributed by atoms with Crippen molar-refractivity contribution in [2.75, 3.05) is 17.2 Å². The van der Waals surface area contributed by atoms with Gasteiger partial charge >= 0.3 is 6.18 Å². The van der Waals surface area contributed by atoms with Crippen LogP contribution in [0.1, 0.15) is 33.3 Å². The normalized spacial score (nSPS) is 20.8. The van der Waals surface area contributed by atoms with Crippen LogP contribution in [-0.4, -0.2) is 12.1 Å². The zero-order valence-corrected chi connectivity index (χ0v) is 11.6. The molecule has 0 spiro atoms. The van der Waals surface area contributed by atoms with Gasteiger partial charge in [0.1, 0.15) is 0 Å². The van der Waals surface area contributed by atoms with E-state index in [1.807, 2.05) is 0 Å². The summed E-state index contributed by atoms with van der Waals surface area (Å²) in [5, 5.41) is 6.46. The van der Waals surface area contributed by atoms with Gasteiger partial charge in [0.2, 0.25) is 0 Å². The van der Waals surface area contributed by atoms with Crippen LogP contribution >= 0.6 is 0 Å². The molecule has 0 unspecified atom stereocenters. The Balaban J connectivity index is 2.43. The third-order valence-electron chi connectivity index (χ3n) is 4.21. The lowest BCUT2D eigenvalue weighted by atomic mass is 9.74. The Bertz CT molecular complexity index is 490. The molecule has 0 radical (unpaired) electrons. The fourth-order valence-corrected chi connectivity index (χ4v) is 2.02. The maximum atomic E-state index is 12.7. The number of halogens is 3. The van der Waals surface area contributed by atoms with E-state index in [0.717, 1.165) is 6.07 Å². The van der Waals surface area contributed by atoms with Crippen molar-refractivity contribution in [3.63, 3.8) is 0 Å². The average Bonchev–Trinajstić information content (AvgIpc) is 2.33. The third kappa shape index (κ3) is 2.51. The third-order valence-corrected chi connectivity index (χ3v) is 4.21. The van der Waals surface area contributed by atoms with E-state index in [9.17, 15) is 13.2 Å². The van der Waals surface area contributed by atoms with E-state index in [1.165, 1.54) is 12.1 Å². The Kier molecular flexibility index (Phi) is 2.99. The average molecular weight is 272 g/mol. The molecule has 0 aliphatic carbocycles. The Labute approximate surface area is 111 Å². The van der Waals surface area contributed by atoms with Crippen molar-refractivity contribution >= 4 is 11.4 Å². The van der Waals surface area contributed by atoms with Crippen LogP contribution in [0.2, 0.25) is 0 Å². The van der Waals surface area contributed by atoms with E-state index < -0.39 is 11.7 Å². The summed E-state index contributed by atoms with van der Waals surface area (Å²) in [6, 6.07) is 3.77. The van der Waals surface area contributed by atoms with Gasteiger partial charge < -0.3 is 10.6 Å². The second-order valence-corrected chi connectivity index (χ2v) is 6.25. The molecule has 1 aliphatic rings. The van der Waals surface area contributed by atoms with Crippen LogP contribution in [0, 0.1) is 5.41 Å². The smallest absolute Gasteiger partial charge is 0.383 e. The van der Waals surface area contributed by atoms with Crippen LogP contribution in [0.5, 0.6) is 0 Å². The second kappa shape index (κ2) is 4.05. The molecule has 19 heavy (non-hydrogen) atoms. The van der Waals surface area contributed by atoms with E-state index in [4.69, 9.17) is 0 Å². The molecule has 2 N–H and O–H groups in total. The number of hydrogen-bond donors (Lipinski definition) is 2. The number of benzene rings is 1. The first-order valence-corrected chi connectivity index (χ1v) is 6.26. The van der Waals surface area contributed by atoms with Crippen molar-refractivity contribution < 1.29 is 13.2 Å². The molecule has 1 aliphatic heterocycles. The topological polar surface area (TPSA) is 24.1 Å². The van der Waals surface area contributed by atoms with Crippen LogP contribution in [-0.2, 0) is 6.18 Å². The molecule has 106 valence electrons. The van der Waals surface area contributed by atoms with Gasteiger partial charge in [-0.1, -0.05) is 13.8 Å². The Morgan fingerprint density at radius 3 is 2.26 bits per heavy atom. The molecular weight excluding hydrogens is 253 g/mol. The van der Waals surface area contributed by atoms with E-state index in [-0.39, 0.29) is 11.0 Å².